The van der Waals surface area contributed by atoms with Gasteiger partial charge in [-0.15, -0.1) is 0 Å². The van der Waals surface area contributed by atoms with E-state index in [-0.39, 0.29) is 0 Å². The van der Waals surface area contributed by atoms with Gasteiger partial charge in [-0.25, -0.2) is 13.1 Å². The first-order valence-corrected chi connectivity index (χ1v) is 8.26. The lowest BCUT2D eigenvalue weighted by atomic mass is 10.1. The fourth-order valence-corrected chi connectivity index (χ4v) is 3.64. The number of hydrogen-bond acceptors (Lipinski definition) is 4. The number of nitrogens with one attached hydrogen (secondary N) is 2. The van der Waals surface area contributed by atoms with Crippen LogP contribution < -0.4 is 14.8 Å². The van der Waals surface area contributed by atoms with Crippen molar-refractivity contribution in [1.29, 1.82) is 0 Å². The van der Waals surface area contributed by atoms with E-state index in [9.17, 15) is 8.42 Å². The summed E-state index contributed by atoms with van der Waals surface area (Å²) in [5, 5.41) is 3.16. The highest BCUT2D eigenvalue weighted by atomic mass is 32.2. The molecule has 6 heteroatoms. The van der Waals surface area contributed by atoms with E-state index in [1.54, 1.807) is 33.1 Å². The van der Waals surface area contributed by atoms with Crippen LogP contribution in [0.1, 0.15) is 24.5 Å². The summed E-state index contributed by atoms with van der Waals surface area (Å²) in [5.41, 5.74) is 1.39. The smallest absolute Gasteiger partial charge is 0.241 e. The third-order valence-electron chi connectivity index (χ3n) is 3.01. The van der Waals surface area contributed by atoms with Gasteiger partial charge in [0.15, 0.2) is 0 Å². The Morgan fingerprint density at radius 2 is 1.75 bits per heavy atom. The topological polar surface area (TPSA) is 67.4 Å². The lowest BCUT2D eigenvalue weighted by Gasteiger charge is -2.13. The van der Waals surface area contributed by atoms with Crippen molar-refractivity contribution in [1.82, 2.24) is 10.0 Å². The van der Waals surface area contributed by atoms with E-state index in [4.69, 9.17) is 4.74 Å². The standard InChI is InChI=1S/C14H24N2O3S/c1-5-15-7-6-8-16-20(17,18)14-11(2)9-13(19-4)10-12(14)3/h9-10,15-16H,5-8H2,1-4H3. The highest BCUT2D eigenvalue weighted by Crippen LogP contribution is 2.25. The van der Waals surface area contributed by atoms with Gasteiger partial charge in [0, 0.05) is 6.54 Å². The molecule has 0 aromatic heterocycles. The summed E-state index contributed by atoms with van der Waals surface area (Å²) < 4.78 is 32.5. The van der Waals surface area contributed by atoms with Gasteiger partial charge in [-0.3, -0.25) is 0 Å². The first kappa shape index (κ1) is 16.9. The van der Waals surface area contributed by atoms with Gasteiger partial charge in [0.05, 0.1) is 12.0 Å². The molecule has 0 saturated heterocycles. The average Bonchev–Trinajstić information content (AvgIpc) is 2.37. The molecule has 2 N–H and O–H groups in total. The van der Waals surface area contributed by atoms with Crippen LogP contribution in [-0.2, 0) is 10.0 Å². The molecule has 0 saturated carbocycles. The van der Waals surface area contributed by atoms with Crippen molar-refractivity contribution < 1.29 is 13.2 Å². The number of aryl methyl sites for hydroxylation is 2. The predicted molar refractivity (Wildman–Crippen MR) is 80.8 cm³/mol. The summed E-state index contributed by atoms with van der Waals surface area (Å²) in [7, 11) is -1.90. The third kappa shape index (κ3) is 4.47. The minimum absolute atomic E-state index is 0.349. The SMILES string of the molecule is CCNCCCNS(=O)(=O)c1c(C)cc(OC)cc1C. The number of sulfonamides is 1. The van der Waals surface area contributed by atoms with Gasteiger partial charge < -0.3 is 10.1 Å². The van der Waals surface area contributed by atoms with Crippen LogP contribution in [0, 0.1) is 13.8 Å². The van der Waals surface area contributed by atoms with Crippen LogP contribution in [-0.4, -0.2) is 35.2 Å². The molecule has 20 heavy (non-hydrogen) atoms. The van der Waals surface area contributed by atoms with E-state index in [1.807, 2.05) is 6.92 Å². The molecule has 0 atom stereocenters. The molecular formula is C14H24N2O3S. The second-order valence-electron chi connectivity index (χ2n) is 4.70. The molecule has 0 aliphatic carbocycles. The molecule has 0 heterocycles. The molecule has 0 spiro atoms. The Hall–Kier alpha value is -1.11. The van der Waals surface area contributed by atoms with E-state index >= 15 is 0 Å². The Morgan fingerprint density at radius 3 is 2.25 bits per heavy atom. The molecule has 114 valence electrons. The van der Waals surface area contributed by atoms with Crippen LogP contribution in [0.15, 0.2) is 17.0 Å². The minimum Gasteiger partial charge on any atom is -0.497 e. The molecule has 0 radical (unpaired) electrons. The van der Waals surface area contributed by atoms with E-state index < -0.39 is 10.0 Å². The third-order valence-corrected chi connectivity index (χ3v) is 4.78. The van der Waals surface area contributed by atoms with Crippen molar-refractivity contribution in [2.45, 2.75) is 32.1 Å². The van der Waals surface area contributed by atoms with Crippen LogP contribution >= 0.6 is 0 Å². The maximum atomic E-state index is 12.3. The van der Waals surface area contributed by atoms with Crippen molar-refractivity contribution in [3.05, 3.63) is 23.3 Å². The number of methoxy groups -OCH3 is 1. The number of ether oxygens (including phenoxy) is 1. The van der Waals surface area contributed by atoms with Crippen LogP contribution in [0.25, 0.3) is 0 Å². The number of rotatable bonds is 8. The fourth-order valence-electron chi connectivity index (χ4n) is 2.12. The molecule has 0 unspecified atom stereocenters. The van der Waals surface area contributed by atoms with Gasteiger partial charge >= 0.3 is 0 Å². The molecule has 1 aromatic carbocycles. The second-order valence-corrected chi connectivity index (χ2v) is 6.40. The van der Waals surface area contributed by atoms with E-state index in [2.05, 4.69) is 10.0 Å². The monoisotopic (exact) mass is 300 g/mol. The predicted octanol–water partition coefficient (Wildman–Crippen LogP) is 1.59. The first-order valence-electron chi connectivity index (χ1n) is 6.78. The lowest BCUT2D eigenvalue weighted by molar-refractivity contribution is 0.413. The van der Waals surface area contributed by atoms with Gasteiger partial charge in [0.1, 0.15) is 5.75 Å². The van der Waals surface area contributed by atoms with Gasteiger partial charge in [0.25, 0.3) is 0 Å². The van der Waals surface area contributed by atoms with E-state index in [1.165, 1.54) is 0 Å². The van der Waals surface area contributed by atoms with Gasteiger partial charge in [0.2, 0.25) is 10.0 Å². The number of benzene rings is 1. The highest BCUT2D eigenvalue weighted by molar-refractivity contribution is 7.89. The Kier molecular flexibility index (Phi) is 6.45. The Bertz CT molecular complexity index is 518. The molecule has 0 bridgehead atoms. The summed E-state index contributed by atoms with van der Waals surface area (Å²) >= 11 is 0. The van der Waals surface area contributed by atoms with Gasteiger partial charge in [-0.2, -0.15) is 0 Å². The molecule has 1 aromatic rings. The van der Waals surface area contributed by atoms with Gasteiger partial charge in [-0.1, -0.05) is 6.92 Å². The molecule has 5 nitrogen and oxygen atoms in total. The zero-order valence-electron chi connectivity index (χ0n) is 12.6. The maximum absolute atomic E-state index is 12.3. The average molecular weight is 300 g/mol. The minimum atomic E-state index is -3.47. The second kappa shape index (κ2) is 7.61. The molecule has 0 amide bonds. The largest absolute Gasteiger partial charge is 0.497 e. The van der Waals surface area contributed by atoms with Crippen LogP contribution in [0.4, 0.5) is 0 Å². The van der Waals surface area contributed by atoms with Gasteiger partial charge in [-0.05, 0) is 56.6 Å². The number of hydrogen-bond donors (Lipinski definition) is 2. The van der Waals surface area contributed by atoms with E-state index in [0.29, 0.717) is 28.3 Å². The fraction of sp³-hybridized carbons (Fsp3) is 0.571. The Balaban J connectivity index is 2.82. The molecule has 0 aliphatic heterocycles. The zero-order valence-corrected chi connectivity index (χ0v) is 13.4. The highest BCUT2D eigenvalue weighted by Gasteiger charge is 2.19. The van der Waals surface area contributed by atoms with Crippen LogP contribution in [0.5, 0.6) is 5.75 Å². The Morgan fingerprint density at radius 1 is 1.15 bits per heavy atom. The van der Waals surface area contributed by atoms with Crippen molar-refractivity contribution in [2.24, 2.45) is 0 Å². The van der Waals surface area contributed by atoms with E-state index in [0.717, 1.165) is 19.5 Å². The Labute approximate surface area is 121 Å². The molecule has 0 fully saturated rings. The van der Waals surface area contributed by atoms with Crippen LogP contribution in [0.3, 0.4) is 0 Å². The zero-order chi connectivity index (χ0) is 15.2. The summed E-state index contributed by atoms with van der Waals surface area (Å²) in [6, 6.07) is 3.47. The molecule has 0 aliphatic rings. The quantitative estimate of drug-likeness (QED) is 0.716. The lowest BCUT2D eigenvalue weighted by Crippen LogP contribution is -2.28. The van der Waals surface area contributed by atoms with Crippen molar-refractivity contribution in [2.75, 3.05) is 26.7 Å². The van der Waals surface area contributed by atoms with Crippen LogP contribution in [0.2, 0.25) is 0 Å². The summed E-state index contributed by atoms with van der Waals surface area (Å²) in [6.07, 6.45) is 0.765. The summed E-state index contributed by atoms with van der Waals surface area (Å²) in [5.74, 6) is 0.672. The van der Waals surface area contributed by atoms with Crippen molar-refractivity contribution in [3.8, 4) is 5.75 Å². The van der Waals surface area contributed by atoms with Crippen molar-refractivity contribution in [3.63, 3.8) is 0 Å². The van der Waals surface area contributed by atoms with Crippen molar-refractivity contribution >= 4 is 10.0 Å². The normalized spacial score (nSPS) is 11.6. The molecular weight excluding hydrogens is 276 g/mol. The molecule has 1 rings (SSSR count). The first-order chi connectivity index (χ1) is 9.42. The summed E-state index contributed by atoms with van der Waals surface area (Å²) in [4.78, 5) is 0.349. The summed E-state index contributed by atoms with van der Waals surface area (Å²) in [6.45, 7) is 7.71. The maximum Gasteiger partial charge on any atom is 0.241 e.